The first kappa shape index (κ1) is 16.5. The lowest BCUT2D eigenvalue weighted by Crippen LogP contribution is -2.25. The Bertz CT molecular complexity index is 990. The van der Waals surface area contributed by atoms with E-state index < -0.39 is 5.97 Å². The Kier molecular flexibility index (Phi) is 3.67. The molecular weight excluding hydrogens is 336 g/mol. The third kappa shape index (κ3) is 2.79. The van der Waals surface area contributed by atoms with E-state index in [2.05, 4.69) is 34.0 Å². The highest BCUT2D eigenvalue weighted by molar-refractivity contribution is 5.87. The van der Waals surface area contributed by atoms with E-state index >= 15 is 0 Å². The summed E-state index contributed by atoms with van der Waals surface area (Å²) in [4.78, 5) is 19.5. The van der Waals surface area contributed by atoms with Gasteiger partial charge in [0.1, 0.15) is 11.0 Å². The van der Waals surface area contributed by atoms with Gasteiger partial charge in [0.15, 0.2) is 0 Å². The molecule has 1 atom stereocenters. The smallest absolute Gasteiger partial charge is 0.338 e. The molecule has 0 radical (unpaired) electrons. The lowest BCUT2D eigenvalue weighted by molar-refractivity contribution is 0.0697. The Balaban J connectivity index is 1.74. The molecule has 1 unspecified atom stereocenters. The molecule has 26 heavy (non-hydrogen) atoms. The molecular formula is C17H20N6O3. The van der Waals surface area contributed by atoms with Gasteiger partial charge in [-0.2, -0.15) is 15.2 Å². The van der Waals surface area contributed by atoms with Gasteiger partial charge in [-0.25, -0.2) is 14.5 Å². The molecule has 0 spiro atoms. The number of aromatic nitrogens is 6. The molecule has 0 bridgehead atoms. The molecule has 1 aliphatic carbocycles. The van der Waals surface area contributed by atoms with Crippen molar-refractivity contribution in [2.24, 2.45) is 5.41 Å². The third-order valence-electron chi connectivity index (χ3n) is 4.97. The second-order valence-corrected chi connectivity index (χ2v) is 7.56. The van der Waals surface area contributed by atoms with Crippen LogP contribution in [0.4, 0.5) is 0 Å². The van der Waals surface area contributed by atoms with E-state index in [-0.39, 0.29) is 28.8 Å². The number of aromatic hydroxyl groups is 1. The molecule has 3 aromatic heterocycles. The zero-order chi connectivity index (χ0) is 18.5. The number of fused-ring (bicyclic) bond motifs is 1. The van der Waals surface area contributed by atoms with Gasteiger partial charge >= 0.3 is 5.97 Å². The number of aromatic carboxylic acids is 1. The lowest BCUT2D eigenvalue weighted by Gasteiger charge is -2.35. The van der Waals surface area contributed by atoms with Crippen LogP contribution >= 0.6 is 0 Å². The fraction of sp³-hybridized carbons (Fsp3) is 0.471. The van der Waals surface area contributed by atoms with Gasteiger partial charge in [0, 0.05) is 6.20 Å². The van der Waals surface area contributed by atoms with Crippen LogP contribution in [0, 0.1) is 5.41 Å². The molecule has 0 aliphatic heterocycles. The molecule has 1 aliphatic rings. The SMILES string of the molecule is CC1(C)CCCC(n2ncc3nc(-n4cc(C(=O)O)cn4)nc(O)c32)C1. The van der Waals surface area contributed by atoms with Crippen LogP contribution in [-0.2, 0) is 0 Å². The van der Waals surface area contributed by atoms with Crippen LogP contribution in [0.25, 0.3) is 17.0 Å². The van der Waals surface area contributed by atoms with E-state index in [9.17, 15) is 9.90 Å². The van der Waals surface area contributed by atoms with Crippen molar-refractivity contribution in [2.75, 3.05) is 0 Å². The lowest BCUT2D eigenvalue weighted by atomic mass is 9.75. The van der Waals surface area contributed by atoms with Gasteiger partial charge < -0.3 is 10.2 Å². The van der Waals surface area contributed by atoms with Gasteiger partial charge in [0.05, 0.1) is 24.0 Å². The Morgan fingerprint density at radius 1 is 1.27 bits per heavy atom. The molecule has 2 N–H and O–H groups in total. The molecule has 3 aromatic rings. The zero-order valence-electron chi connectivity index (χ0n) is 14.6. The fourth-order valence-corrected chi connectivity index (χ4v) is 3.72. The highest BCUT2D eigenvalue weighted by Gasteiger charge is 2.31. The molecule has 9 nitrogen and oxygen atoms in total. The van der Waals surface area contributed by atoms with E-state index in [4.69, 9.17) is 5.11 Å². The predicted octanol–water partition coefficient (Wildman–Crippen LogP) is 2.56. The average Bonchev–Trinajstić information content (AvgIpc) is 3.21. The van der Waals surface area contributed by atoms with Gasteiger partial charge in [-0.3, -0.25) is 4.68 Å². The number of carboxylic acid groups (broad SMARTS) is 1. The molecule has 4 rings (SSSR count). The quantitative estimate of drug-likeness (QED) is 0.740. The molecule has 3 heterocycles. The van der Waals surface area contributed by atoms with Crippen molar-refractivity contribution in [3.63, 3.8) is 0 Å². The topological polar surface area (TPSA) is 119 Å². The van der Waals surface area contributed by atoms with Gasteiger partial charge in [-0.1, -0.05) is 20.3 Å². The van der Waals surface area contributed by atoms with Crippen molar-refractivity contribution in [3.8, 4) is 11.8 Å². The Labute approximate surface area is 149 Å². The van der Waals surface area contributed by atoms with Gasteiger partial charge in [0.2, 0.25) is 5.88 Å². The van der Waals surface area contributed by atoms with E-state index in [1.54, 1.807) is 6.20 Å². The minimum absolute atomic E-state index is 0.0216. The summed E-state index contributed by atoms with van der Waals surface area (Å²) in [5, 5.41) is 27.9. The summed E-state index contributed by atoms with van der Waals surface area (Å²) in [5.74, 6) is -1.17. The van der Waals surface area contributed by atoms with Gasteiger partial charge in [0.25, 0.3) is 5.95 Å². The number of nitrogens with zero attached hydrogens (tertiary/aromatic N) is 6. The van der Waals surface area contributed by atoms with E-state index in [1.165, 1.54) is 23.5 Å². The van der Waals surface area contributed by atoms with Crippen LogP contribution in [0.2, 0.25) is 0 Å². The van der Waals surface area contributed by atoms with Crippen molar-refractivity contribution in [2.45, 2.75) is 45.6 Å². The van der Waals surface area contributed by atoms with Crippen molar-refractivity contribution in [1.29, 1.82) is 0 Å². The van der Waals surface area contributed by atoms with Crippen molar-refractivity contribution in [3.05, 3.63) is 24.2 Å². The minimum Gasteiger partial charge on any atom is -0.492 e. The van der Waals surface area contributed by atoms with E-state index in [0.717, 1.165) is 19.3 Å². The highest BCUT2D eigenvalue weighted by Crippen LogP contribution is 2.42. The molecule has 0 amide bonds. The summed E-state index contributed by atoms with van der Waals surface area (Å²) in [6.07, 6.45) is 8.39. The largest absolute Gasteiger partial charge is 0.492 e. The molecule has 0 aromatic carbocycles. The molecule has 9 heteroatoms. The first-order chi connectivity index (χ1) is 12.3. The first-order valence-electron chi connectivity index (χ1n) is 8.57. The fourth-order valence-electron chi connectivity index (χ4n) is 3.72. The first-order valence-corrected chi connectivity index (χ1v) is 8.57. The number of hydrogen-bond donors (Lipinski definition) is 2. The van der Waals surface area contributed by atoms with Crippen LogP contribution in [-0.4, -0.2) is 45.7 Å². The summed E-state index contributed by atoms with van der Waals surface area (Å²) in [5.41, 5.74) is 1.26. The Morgan fingerprint density at radius 2 is 2.08 bits per heavy atom. The predicted molar refractivity (Wildman–Crippen MR) is 92.4 cm³/mol. The number of rotatable bonds is 3. The second kappa shape index (κ2) is 5.79. The Hall–Kier alpha value is -2.97. The second-order valence-electron chi connectivity index (χ2n) is 7.56. The molecule has 136 valence electrons. The van der Waals surface area contributed by atoms with Crippen molar-refractivity contribution in [1.82, 2.24) is 29.5 Å². The highest BCUT2D eigenvalue weighted by atomic mass is 16.4. The maximum atomic E-state index is 11.0. The summed E-state index contributed by atoms with van der Waals surface area (Å²) in [7, 11) is 0. The summed E-state index contributed by atoms with van der Waals surface area (Å²) < 4.78 is 3.05. The van der Waals surface area contributed by atoms with Crippen molar-refractivity contribution < 1.29 is 15.0 Å². The summed E-state index contributed by atoms with van der Waals surface area (Å²) >= 11 is 0. The van der Waals surface area contributed by atoms with Crippen LogP contribution in [0.15, 0.2) is 18.6 Å². The maximum Gasteiger partial charge on any atom is 0.338 e. The molecule has 0 saturated heterocycles. The number of carboxylic acids is 1. The number of carbonyl (C=O) groups is 1. The van der Waals surface area contributed by atoms with Crippen LogP contribution < -0.4 is 0 Å². The van der Waals surface area contributed by atoms with Crippen LogP contribution in [0.1, 0.15) is 55.9 Å². The van der Waals surface area contributed by atoms with Gasteiger partial charge in [-0.15, -0.1) is 0 Å². The Morgan fingerprint density at radius 3 is 2.77 bits per heavy atom. The monoisotopic (exact) mass is 356 g/mol. The van der Waals surface area contributed by atoms with Crippen LogP contribution in [0.3, 0.4) is 0 Å². The summed E-state index contributed by atoms with van der Waals surface area (Å²) in [6, 6.07) is 0.194. The zero-order valence-corrected chi connectivity index (χ0v) is 14.6. The summed E-state index contributed by atoms with van der Waals surface area (Å²) in [6.45, 7) is 4.49. The third-order valence-corrected chi connectivity index (χ3v) is 4.97. The van der Waals surface area contributed by atoms with Gasteiger partial charge in [-0.05, 0) is 24.7 Å². The minimum atomic E-state index is -1.09. The van der Waals surface area contributed by atoms with E-state index in [1.807, 2.05) is 4.68 Å². The van der Waals surface area contributed by atoms with Crippen molar-refractivity contribution >= 4 is 17.0 Å². The average molecular weight is 356 g/mol. The van der Waals surface area contributed by atoms with Crippen LogP contribution in [0.5, 0.6) is 5.88 Å². The molecule has 1 saturated carbocycles. The molecule has 1 fully saturated rings. The normalized spacial score (nSPS) is 19.7. The number of hydrogen-bond acceptors (Lipinski definition) is 6. The maximum absolute atomic E-state index is 11.0. The van der Waals surface area contributed by atoms with E-state index in [0.29, 0.717) is 11.0 Å². The standard InChI is InChI=1S/C17H20N6O3/c1-17(2)5-3-4-11(6-17)23-13-12(8-19-23)20-16(21-14(13)24)22-9-10(7-18-22)15(25)26/h7-9,11H,3-6H2,1-2H3,(H,25,26)(H,20,21,24).